The highest BCUT2D eigenvalue weighted by atomic mass is 32.2. The summed E-state index contributed by atoms with van der Waals surface area (Å²) >= 11 is 2.00. The zero-order valence-electron chi connectivity index (χ0n) is 9.62. The SMILES string of the molecule is C=CC1CC(SCC)=CC1CC(C)C. The number of rotatable bonds is 5. The molecule has 0 radical (unpaired) electrons. The van der Waals surface area contributed by atoms with Gasteiger partial charge in [0.15, 0.2) is 0 Å². The summed E-state index contributed by atoms with van der Waals surface area (Å²) in [6.45, 7) is 10.8. The Morgan fingerprint density at radius 3 is 2.86 bits per heavy atom. The molecule has 0 aromatic rings. The molecule has 0 saturated heterocycles. The van der Waals surface area contributed by atoms with Gasteiger partial charge in [-0.05, 0) is 41.3 Å². The van der Waals surface area contributed by atoms with Crippen molar-refractivity contribution in [1.82, 2.24) is 0 Å². The Bertz CT molecular complexity index is 215. The van der Waals surface area contributed by atoms with Crippen LogP contribution in [-0.4, -0.2) is 5.75 Å². The first-order chi connectivity index (χ1) is 6.67. The summed E-state index contributed by atoms with van der Waals surface area (Å²) < 4.78 is 0. The molecule has 1 aliphatic rings. The molecule has 1 heteroatoms. The average Bonchev–Trinajstić information content (AvgIpc) is 2.47. The molecule has 0 saturated carbocycles. The Balaban J connectivity index is 2.56. The summed E-state index contributed by atoms with van der Waals surface area (Å²) in [5, 5.41) is 0. The van der Waals surface area contributed by atoms with Crippen LogP contribution < -0.4 is 0 Å². The molecule has 80 valence electrons. The molecular formula is C13H22S. The first-order valence-corrected chi connectivity index (χ1v) is 6.62. The molecule has 0 fully saturated rings. The van der Waals surface area contributed by atoms with E-state index in [0.717, 1.165) is 11.8 Å². The maximum absolute atomic E-state index is 3.95. The standard InChI is InChI=1S/C13H22S/c1-5-11-8-13(14-6-2)9-12(11)7-10(3)4/h5,9-12H,1,6-8H2,2-4H3. The van der Waals surface area contributed by atoms with Gasteiger partial charge in [0.2, 0.25) is 0 Å². The first kappa shape index (κ1) is 11.9. The molecule has 2 atom stereocenters. The molecule has 0 heterocycles. The van der Waals surface area contributed by atoms with Crippen LogP contribution in [0.3, 0.4) is 0 Å². The lowest BCUT2D eigenvalue weighted by Gasteiger charge is -2.16. The van der Waals surface area contributed by atoms with Gasteiger partial charge < -0.3 is 0 Å². The minimum absolute atomic E-state index is 0.700. The quantitative estimate of drug-likeness (QED) is 0.602. The van der Waals surface area contributed by atoms with Crippen molar-refractivity contribution < 1.29 is 0 Å². The van der Waals surface area contributed by atoms with Gasteiger partial charge in [0.1, 0.15) is 0 Å². The number of hydrogen-bond acceptors (Lipinski definition) is 1. The highest BCUT2D eigenvalue weighted by molar-refractivity contribution is 8.03. The van der Waals surface area contributed by atoms with Crippen molar-refractivity contribution in [2.24, 2.45) is 17.8 Å². The lowest BCUT2D eigenvalue weighted by atomic mass is 9.88. The van der Waals surface area contributed by atoms with E-state index >= 15 is 0 Å². The maximum atomic E-state index is 3.95. The molecule has 0 N–H and O–H groups in total. The van der Waals surface area contributed by atoms with Gasteiger partial charge in [-0.2, -0.15) is 0 Å². The molecule has 0 bridgehead atoms. The zero-order valence-corrected chi connectivity index (χ0v) is 10.4. The van der Waals surface area contributed by atoms with Crippen molar-refractivity contribution in [1.29, 1.82) is 0 Å². The lowest BCUT2D eigenvalue weighted by molar-refractivity contribution is 0.409. The van der Waals surface area contributed by atoms with Gasteiger partial charge in [0.05, 0.1) is 0 Å². The predicted octanol–water partition coefficient (Wildman–Crippen LogP) is 4.49. The van der Waals surface area contributed by atoms with Crippen molar-refractivity contribution >= 4 is 11.8 Å². The minimum Gasteiger partial charge on any atom is -0.131 e. The molecule has 2 unspecified atom stereocenters. The Labute approximate surface area is 92.9 Å². The molecule has 14 heavy (non-hydrogen) atoms. The molecular weight excluding hydrogens is 188 g/mol. The van der Waals surface area contributed by atoms with E-state index in [1.807, 2.05) is 11.8 Å². The van der Waals surface area contributed by atoms with Gasteiger partial charge >= 0.3 is 0 Å². The van der Waals surface area contributed by atoms with E-state index in [2.05, 4.69) is 39.5 Å². The summed E-state index contributed by atoms with van der Waals surface area (Å²) in [6, 6.07) is 0. The van der Waals surface area contributed by atoms with E-state index in [-0.39, 0.29) is 0 Å². The van der Waals surface area contributed by atoms with Crippen LogP contribution in [0.1, 0.15) is 33.6 Å². The highest BCUT2D eigenvalue weighted by Crippen LogP contribution is 2.39. The van der Waals surface area contributed by atoms with Crippen LogP contribution >= 0.6 is 11.8 Å². The average molecular weight is 210 g/mol. The zero-order chi connectivity index (χ0) is 10.6. The van der Waals surface area contributed by atoms with Crippen molar-refractivity contribution in [2.45, 2.75) is 33.6 Å². The molecule has 1 aliphatic carbocycles. The predicted molar refractivity (Wildman–Crippen MR) is 67.5 cm³/mol. The van der Waals surface area contributed by atoms with E-state index in [0.29, 0.717) is 5.92 Å². The van der Waals surface area contributed by atoms with Crippen LogP contribution in [0.25, 0.3) is 0 Å². The van der Waals surface area contributed by atoms with Gasteiger partial charge in [-0.15, -0.1) is 18.3 Å². The largest absolute Gasteiger partial charge is 0.131 e. The van der Waals surface area contributed by atoms with Gasteiger partial charge in [0, 0.05) is 0 Å². The fourth-order valence-corrected chi connectivity index (χ4v) is 3.10. The topological polar surface area (TPSA) is 0 Å². The van der Waals surface area contributed by atoms with Crippen molar-refractivity contribution in [3.8, 4) is 0 Å². The summed E-state index contributed by atoms with van der Waals surface area (Å²) in [4.78, 5) is 1.59. The second-order valence-corrected chi connectivity index (χ2v) is 5.85. The Hall–Kier alpha value is -0.170. The third kappa shape index (κ3) is 3.20. The number of allylic oxidation sites excluding steroid dienone is 3. The molecule has 0 aromatic carbocycles. The fourth-order valence-electron chi connectivity index (χ4n) is 2.15. The first-order valence-electron chi connectivity index (χ1n) is 5.63. The minimum atomic E-state index is 0.700. The molecule has 1 rings (SSSR count). The van der Waals surface area contributed by atoms with Crippen molar-refractivity contribution in [3.63, 3.8) is 0 Å². The van der Waals surface area contributed by atoms with Crippen LogP contribution in [0.5, 0.6) is 0 Å². The van der Waals surface area contributed by atoms with E-state index in [1.165, 1.54) is 18.6 Å². The number of thioether (sulfide) groups is 1. The molecule has 0 spiro atoms. The van der Waals surface area contributed by atoms with Crippen LogP contribution in [-0.2, 0) is 0 Å². The molecule has 0 aliphatic heterocycles. The normalized spacial score (nSPS) is 26.7. The van der Waals surface area contributed by atoms with Crippen LogP contribution in [0, 0.1) is 17.8 Å². The van der Waals surface area contributed by atoms with Gasteiger partial charge in [0.25, 0.3) is 0 Å². The van der Waals surface area contributed by atoms with E-state index in [9.17, 15) is 0 Å². The third-order valence-corrected chi connectivity index (χ3v) is 3.73. The second-order valence-electron chi connectivity index (χ2n) is 4.46. The molecule has 0 aromatic heterocycles. The summed E-state index contributed by atoms with van der Waals surface area (Å²) in [6.07, 6.45) is 7.18. The Kier molecular flexibility index (Phi) is 4.80. The summed E-state index contributed by atoms with van der Waals surface area (Å²) in [7, 11) is 0. The Morgan fingerprint density at radius 2 is 2.36 bits per heavy atom. The number of hydrogen-bond donors (Lipinski definition) is 0. The van der Waals surface area contributed by atoms with Crippen LogP contribution in [0.2, 0.25) is 0 Å². The van der Waals surface area contributed by atoms with Gasteiger partial charge in [-0.1, -0.05) is 32.9 Å². The summed E-state index contributed by atoms with van der Waals surface area (Å²) in [5.41, 5.74) is 0. The maximum Gasteiger partial charge on any atom is -0.00518 e. The Morgan fingerprint density at radius 1 is 1.64 bits per heavy atom. The van der Waals surface area contributed by atoms with Crippen molar-refractivity contribution in [3.05, 3.63) is 23.6 Å². The smallest absolute Gasteiger partial charge is 0.00518 e. The van der Waals surface area contributed by atoms with E-state index in [4.69, 9.17) is 0 Å². The van der Waals surface area contributed by atoms with Gasteiger partial charge in [-0.3, -0.25) is 0 Å². The summed E-state index contributed by atoms with van der Waals surface area (Å²) in [5.74, 6) is 3.45. The molecule has 0 nitrogen and oxygen atoms in total. The van der Waals surface area contributed by atoms with Crippen LogP contribution in [0.15, 0.2) is 23.6 Å². The molecule has 0 amide bonds. The lowest BCUT2D eigenvalue weighted by Crippen LogP contribution is -2.07. The van der Waals surface area contributed by atoms with E-state index in [1.54, 1.807) is 4.91 Å². The van der Waals surface area contributed by atoms with E-state index < -0.39 is 0 Å². The van der Waals surface area contributed by atoms with Gasteiger partial charge in [-0.25, -0.2) is 0 Å². The van der Waals surface area contributed by atoms with Crippen molar-refractivity contribution in [2.75, 3.05) is 5.75 Å². The third-order valence-electron chi connectivity index (χ3n) is 2.76. The highest BCUT2D eigenvalue weighted by Gasteiger charge is 2.25. The monoisotopic (exact) mass is 210 g/mol. The fraction of sp³-hybridized carbons (Fsp3) is 0.692. The van der Waals surface area contributed by atoms with Crippen LogP contribution in [0.4, 0.5) is 0 Å². The second kappa shape index (κ2) is 5.65.